The third-order valence-corrected chi connectivity index (χ3v) is 1.97. The predicted molar refractivity (Wildman–Crippen MR) is 57.6 cm³/mol. The van der Waals surface area contributed by atoms with Gasteiger partial charge in [0.05, 0.1) is 12.2 Å². The van der Waals surface area contributed by atoms with Gasteiger partial charge in [-0.05, 0) is 12.8 Å². The Morgan fingerprint density at radius 2 is 2.38 bits per heavy atom. The fourth-order valence-electron chi connectivity index (χ4n) is 1.11. The summed E-state index contributed by atoms with van der Waals surface area (Å²) in [6.07, 6.45) is 6.27. The molecule has 0 unspecified atom stereocenters. The van der Waals surface area contributed by atoms with Crippen molar-refractivity contribution in [3.63, 3.8) is 0 Å². The van der Waals surface area contributed by atoms with E-state index < -0.39 is 6.04 Å². The molecule has 1 aromatic rings. The molecule has 86 valence electrons. The van der Waals surface area contributed by atoms with Crippen LogP contribution in [0.2, 0.25) is 0 Å². The zero-order chi connectivity index (χ0) is 11.8. The van der Waals surface area contributed by atoms with Gasteiger partial charge in [0.1, 0.15) is 12.0 Å². The van der Waals surface area contributed by atoms with Crippen LogP contribution in [-0.4, -0.2) is 34.7 Å². The molecule has 0 aliphatic carbocycles. The van der Waals surface area contributed by atoms with Crippen LogP contribution < -0.4 is 11.1 Å². The van der Waals surface area contributed by atoms with E-state index in [0.717, 1.165) is 0 Å². The Balaban J connectivity index is 2.24. The first-order chi connectivity index (χ1) is 7.74. The number of amides is 1. The van der Waals surface area contributed by atoms with E-state index in [2.05, 4.69) is 15.3 Å². The highest BCUT2D eigenvalue weighted by Gasteiger charge is 2.06. The summed E-state index contributed by atoms with van der Waals surface area (Å²) in [6.45, 7) is 0.469. The minimum atomic E-state index is -0.451. The molecule has 0 aliphatic rings. The van der Waals surface area contributed by atoms with Crippen molar-refractivity contribution in [2.45, 2.75) is 18.9 Å². The minimum Gasteiger partial charge on any atom is -0.351 e. The van der Waals surface area contributed by atoms with Gasteiger partial charge >= 0.3 is 0 Å². The van der Waals surface area contributed by atoms with Gasteiger partial charge in [-0.1, -0.05) is 0 Å². The second kappa shape index (κ2) is 6.62. The number of carbonyl (C=O) groups is 2. The molecule has 0 aromatic carbocycles. The molecule has 0 radical (unpaired) electrons. The van der Waals surface area contributed by atoms with Gasteiger partial charge in [-0.15, -0.1) is 0 Å². The first-order valence-corrected chi connectivity index (χ1v) is 4.99. The molecule has 1 rings (SSSR count). The van der Waals surface area contributed by atoms with Gasteiger partial charge < -0.3 is 15.8 Å². The molecular weight excluding hydrogens is 208 g/mol. The Kier molecular flexibility index (Phi) is 5.07. The van der Waals surface area contributed by atoms with Gasteiger partial charge in [0.2, 0.25) is 0 Å². The van der Waals surface area contributed by atoms with Crippen LogP contribution >= 0.6 is 0 Å². The highest BCUT2D eigenvalue weighted by Crippen LogP contribution is 1.93. The Hall–Kier alpha value is -1.82. The molecule has 1 amide bonds. The first-order valence-electron chi connectivity index (χ1n) is 4.99. The van der Waals surface area contributed by atoms with Crippen LogP contribution in [0.1, 0.15) is 23.3 Å². The van der Waals surface area contributed by atoms with E-state index >= 15 is 0 Å². The number of aldehydes is 1. The summed E-state index contributed by atoms with van der Waals surface area (Å²) in [5, 5.41) is 2.67. The normalized spacial score (nSPS) is 11.8. The van der Waals surface area contributed by atoms with E-state index in [1.54, 1.807) is 0 Å². The third-order valence-electron chi connectivity index (χ3n) is 1.97. The van der Waals surface area contributed by atoms with Gasteiger partial charge in [0.25, 0.3) is 5.91 Å². The molecule has 0 fully saturated rings. The second-order valence-corrected chi connectivity index (χ2v) is 3.29. The molecule has 6 nitrogen and oxygen atoms in total. The number of nitrogens with zero attached hydrogens (tertiary/aromatic N) is 2. The van der Waals surface area contributed by atoms with Crippen LogP contribution in [0.15, 0.2) is 18.6 Å². The maximum absolute atomic E-state index is 11.4. The Morgan fingerprint density at radius 3 is 3.00 bits per heavy atom. The lowest BCUT2D eigenvalue weighted by atomic mass is 10.2. The fraction of sp³-hybridized carbons (Fsp3) is 0.400. The van der Waals surface area contributed by atoms with E-state index in [0.29, 0.717) is 25.7 Å². The molecule has 0 spiro atoms. The van der Waals surface area contributed by atoms with E-state index in [4.69, 9.17) is 5.73 Å². The topological polar surface area (TPSA) is 98.0 Å². The number of hydrogen-bond acceptors (Lipinski definition) is 5. The number of aromatic nitrogens is 2. The fourth-order valence-corrected chi connectivity index (χ4v) is 1.11. The molecule has 16 heavy (non-hydrogen) atoms. The predicted octanol–water partition coefficient (Wildman–Crippen LogP) is -0.487. The summed E-state index contributed by atoms with van der Waals surface area (Å²) in [5.41, 5.74) is 5.68. The van der Waals surface area contributed by atoms with Gasteiger partial charge in [-0.25, -0.2) is 4.98 Å². The number of nitrogens with two attached hydrogens (primary N) is 1. The van der Waals surface area contributed by atoms with Crippen molar-refractivity contribution < 1.29 is 9.59 Å². The molecule has 3 N–H and O–H groups in total. The molecule has 1 atom stereocenters. The lowest BCUT2D eigenvalue weighted by Gasteiger charge is -2.05. The van der Waals surface area contributed by atoms with Gasteiger partial charge in [-0.3, -0.25) is 9.78 Å². The minimum absolute atomic E-state index is 0.271. The molecule has 0 aliphatic heterocycles. The molecule has 0 saturated carbocycles. The second-order valence-electron chi connectivity index (χ2n) is 3.29. The SMILES string of the molecule is N[C@H](C=O)CCCNC(=O)c1cnccn1. The van der Waals surface area contributed by atoms with Crippen molar-refractivity contribution in [3.05, 3.63) is 24.3 Å². The van der Waals surface area contributed by atoms with E-state index in [-0.39, 0.29) is 11.6 Å². The third kappa shape index (κ3) is 4.14. The van der Waals surface area contributed by atoms with Gasteiger partial charge in [0.15, 0.2) is 0 Å². The number of hydrogen-bond donors (Lipinski definition) is 2. The van der Waals surface area contributed by atoms with Crippen LogP contribution in [0.5, 0.6) is 0 Å². The van der Waals surface area contributed by atoms with Crippen molar-refractivity contribution in [1.29, 1.82) is 0 Å². The van der Waals surface area contributed by atoms with Gasteiger partial charge in [0, 0.05) is 18.9 Å². The van der Waals surface area contributed by atoms with Crippen LogP contribution in [0.25, 0.3) is 0 Å². The monoisotopic (exact) mass is 222 g/mol. The van der Waals surface area contributed by atoms with E-state index in [9.17, 15) is 9.59 Å². The Bertz CT molecular complexity index is 342. The van der Waals surface area contributed by atoms with Crippen LogP contribution in [0.3, 0.4) is 0 Å². The molecule has 6 heteroatoms. The average Bonchev–Trinajstić information content (AvgIpc) is 2.35. The summed E-state index contributed by atoms with van der Waals surface area (Å²) in [5.74, 6) is -0.271. The largest absolute Gasteiger partial charge is 0.351 e. The maximum atomic E-state index is 11.4. The quantitative estimate of drug-likeness (QED) is 0.500. The summed E-state index contributed by atoms with van der Waals surface area (Å²) in [6, 6.07) is -0.451. The number of carbonyl (C=O) groups excluding carboxylic acids is 2. The molecule has 1 heterocycles. The van der Waals surface area contributed by atoms with Crippen LogP contribution in [0, 0.1) is 0 Å². The Labute approximate surface area is 93.3 Å². The van der Waals surface area contributed by atoms with Crippen molar-refractivity contribution in [3.8, 4) is 0 Å². The highest BCUT2D eigenvalue weighted by atomic mass is 16.1. The Morgan fingerprint density at radius 1 is 1.56 bits per heavy atom. The summed E-state index contributed by atoms with van der Waals surface area (Å²) in [4.78, 5) is 29.3. The van der Waals surface area contributed by atoms with E-state index in [1.165, 1.54) is 18.6 Å². The standard InChI is InChI=1S/C10H14N4O2/c11-8(7-15)2-1-3-14-10(16)9-6-12-4-5-13-9/h4-8H,1-3,11H2,(H,14,16)/t8-/m0/s1. The average molecular weight is 222 g/mol. The first kappa shape index (κ1) is 12.3. The van der Waals surface area contributed by atoms with Crippen molar-refractivity contribution in [1.82, 2.24) is 15.3 Å². The number of rotatable bonds is 6. The highest BCUT2D eigenvalue weighted by molar-refractivity contribution is 5.91. The van der Waals surface area contributed by atoms with Crippen LogP contribution in [0.4, 0.5) is 0 Å². The summed E-state index contributed by atoms with van der Waals surface area (Å²) in [7, 11) is 0. The van der Waals surface area contributed by atoms with Gasteiger partial charge in [-0.2, -0.15) is 0 Å². The lowest BCUT2D eigenvalue weighted by Crippen LogP contribution is -2.28. The summed E-state index contributed by atoms with van der Waals surface area (Å²) >= 11 is 0. The smallest absolute Gasteiger partial charge is 0.271 e. The zero-order valence-corrected chi connectivity index (χ0v) is 8.80. The van der Waals surface area contributed by atoms with Crippen molar-refractivity contribution in [2.24, 2.45) is 5.73 Å². The summed E-state index contributed by atoms with van der Waals surface area (Å²) < 4.78 is 0. The maximum Gasteiger partial charge on any atom is 0.271 e. The molecular formula is C10H14N4O2. The lowest BCUT2D eigenvalue weighted by molar-refractivity contribution is -0.109. The van der Waals surface area contributed by atoms with Crippen molar-refractivity contribution in [2.75, 3.05) is 6.54 Å². The molecule has 0 saturated heterocycles. The van der Waals surface area contributed by atoms with Crippen LogP contribution in [-0.2, 0) is 4.79 Å². The number of nitrogens with one attached hydrogen (secondary N) is 1. The van der Waals surface area contributed by atoms with E-state index in [1.807, 2.05) is 0 Å². The molecule has 1 aromatic heterocycles. The zero-order valence-electron chi connectivity index (χ0n) is 8.80. The molecule has 0 bridgehead atoms. The van der Waals surface area contributed by atoms with Crippen molar-refractivity contribution >= 4 is 12.2 Å².